The lowest BCUT2D eigenvalue weighted by atomic mass is 9.64. The van der Waals surface area contributed by atoms with Gasteiger partial charge in [-0.2, -0.15) is 0 Å². The SMILES string of the molecule is CCOC1CC(NC2CC2CC)C1(C)C. The Labute approximate surface area is 93.8 Å². The van der Waals surface area contributed by atoms with Crippen LogP contribution in [0.1, 0.15) is 47.0 Å². The second kappa shape index (κ2) is 4.06. The highest BCUT2D eigenvalue weighted by molar-refractivity contribution is 5.06. The molecule has 0 aromatic heterocycles. The first-order valence-corrected chi connectivity index (χ1v) is 6.47. The highest BCUT2D eigenvalue weighted by Gasteiger charge is 2.51. The van der Waals surface area contributed by atoms with E-state index < -0.39 is 0 Å². The van der Waals surface area contributed by atoms with E-state index >= 15 is 0 Å². The number of rotatable bonds is 5. The second-order valence-corrected chi connectivity index (χ2v) is 5.73. The number of hydrogen-bond donors (Lipinski definition) is 1. The maximum atomic E-state index is 5.74. The summed E-state index contributed by atoms with van der Waals surface area (Å²) in [5, 5.41) is 3.79. The maximum Gasteiger partial charge on any atom is 0.0655 e. The fourth-order valence-electron chi connectivity index (χ4n) is 2.81. The van der Waals surface area contributed by atoms with Crippen molar-refractivity contribution in [1.29, 1.82) is 0 Å². The van der Waals surface area contributed by atoms with Crippen LogP contribution in [0.25, 0.3) is 0 Å². The summed E-state index contributed by atoms with van der Waals surface area (Å²) in [5.41, 5.74) is 0.330. The van der Waals surface area contributed by atoms with Crippen LogP contribution < -0.4 is 5.32 Å². The summed E-state index contributed by atoms with van der Waals surface area (Å²) in [6.07, 6.45) is 4.40. The fourth-order valence-corrected chi connectivity index (χ4v) is 2.81. The zero-order chi connectivity index (χ0) is 11.1. The molecular weight excluding hydrogens is 186 g/mol. The summed E-state index contributed by atoms with van der Waals surface area (Å²) in [5.74, 6) is 0.951. The Morgan fingerprint density at radius 2 is 2.00 bits per heavy atom. The van der Waals surface area contributed by atoms with E-state index in [4.69, 9.17) is 4.74 Å². The minimum atomic E-state index is 0.330. The molecule has 88 valence electrons. The first-order valence-electron chi connectivity index (χ1n) is 6.47. The first kappa shape index (κ1) is 11.4. The van der Waals surface area contributed by atoms with Crippen molar-refractivity contribution in [2.24, 2.45) is 11.3 Å². The molecule has 1 N–H and O–H groups in total. The Morgan fingerprint density at radius 3 is 2.47 bits per heavy atom. The van der Waals surface area contributed by atoms with Gasteiger partial charge >= 0.3 is 0 Å². The molecule has 4 atom stereocenters. The Morgan fingerprint density at radius 1 is 1.27 bits per heavy atom. The average Bonchev–Trinajstić information content (AvgIpc) is 2.95. The van der Waals surface area contributed by atoms with E-state index in [1.807, 2.05) is 0 Å². The van der Waals surface area contributed by atoms with Crippen LogP contribution in [0.5, 0.6) is 0 Å². The van der Waals surface area contributed by atoms with E-state index in [2.05, 4.69) is 33.0 Å². The van der Waals surface area contributed by atoms with Crippen LogP contribution in [0, 0.1) is 11.3 Å². The van der Waals surface area contributed by atoms with Gasteiger partial charge < -0.3 is 10.1 Å². The molecule has 0 saturated heterocycles. The molecule has 0 aliphatic heterocycles. The van der Waals surface area contributed by atoms with Crippen molar-refractivity contribution in [2.75, 3.05) is 6.61 Å². The standard InChI is InChI=1S/C13H25NO/c1-5-9-7-10(9)14-11-8-12(15-6-2)13(11,3)4/h9-12,14H,5-8H2,1-4H3. The molecule has 2 aliphatic carbocycles. The van der Waals surface area contributed by atoms with Gasteiger partial charge in [0.05, 0.1) is 6.10 Å². The molecule has 0 spiro atoms. The van der Waals surface area contributed by atoms with Gasteiger partial charge in [-0.1, -0.05) is 27.2 Å². The minimum absolute atomic E-state index is 0.330. The smallest absolute Gasteiger partial charge is 0.0655 e. The van der Waals surface area contributed by atoms with Crippen molar-refractivity contribution in [3.05, 3.63) is 0 Å². The van der Waals surface area contributed by atoms with Gasteiger partial charge in [-0.15, -0.1) is 0 Å². The topological polar surface area (TPSA) is 21.3 Å². The molecule has 0 bridgehead atoms. The van der Waals surface area contributed by atoms with Gasteiger partial charge in [0.2, 0.25) is 0 Å². The van der Waals surface area contributed by atoms with Crippen LogP contribution in [-0.4, -0.2) is 24.8 Å². The third-order valence-electron chi connectivity index (χ3n) is 4.41. The van der Waals surface area contributed by atoms with E-state index in [1.54, 1.807) is 0 Å². The largest absolute Gasteiger partial charge is 0.378 e. The van der Waals surface area contributed by atoms with Gasteiger partial charge in [0.15, 0.2) is 0 Å². The molecule has 2 nitrogen and oxygen atoms in total. The van der Waals surface area contributed by atoms with Crippen molar-refractivity contribution in [2.45, 2.75) is 65.1 Å². The average molecular weight is 211 g/mol. The van der Waals surface area contributed by atoms with Crippen LogP contribution in [0.15, 0.2) is 0 Å². The zero-order valence-corrected chi connectivity index (χ0v) is 10.5. The van der Waals surface area contributed by atoms with Crippen molar-refractivity contribution in [1.82, 2.24) is 5.32 Å². The monoisotopic (exact) mass is 211 g/mol. The van der Waals surface area contributed by atoms with E-state index in [-0.39, 0.29) is 0 Å². The third kappa shape index (κ3) is 2.07. The molecule has 0 amide bonds. The molecule has 0 aromatic carbocycles. The first-order chi connectivity index (χ1) is 7.09. The van der Waals surface area contributed by atoms with Crippen LogP contribution in [0.4, 0.5) is 0 Å². The second-order valence-electron chi connectivity index (χ2n) is 5.73. The predicted octanol–water partition coefficient (Wildman–Crippen LogP) is 2.58. The lowest BCUT2D eigenvalue weighted by Crippen LogP contribution is -2.61. The van der Waals surface area contributed by atoms with E-state index in [0.717, 1.165) is 18.6 Å². The number of nitrogens with one attached hydrogen (secondary N) is 1. The summed E-state index contributed by atoms with van der Waals surface area (Å²) in [7, 11) is 0. The minimum Gasteiger partial charge on any atom is -0.378 e. The quantitative estimate of drug-likeness (QED) is 0.754. The summed E-state index contributed by atoms with van der Waals surface area (Å²) in [6, 6.07) is 1.48. The van der Waals surface area contributed by atoms with Crippen LogP contribution in [0.3, 0.4) is 0 Å². The van der Waals surface area contributed by atoms with E-state index in [0.29, 0.717) is 17.6 Å². The summed E-state index contributed by atoms with van der Waals surface area (Å²) in [4.78, 5) is 0. The number of hydrogen-bond acceptors (Lipinski definition) is 2. The van der Waals surface area contributed by atoms with Crippen LogP contribution in [-0.2, 0) is 4.74 Å². The molecule has 0 radical (unpaired) electrons. The van der Waals surface area contributed by atoms with E-state index in [9.17, 15) is 0 Å². The maximum absolute atomic E-state index is 5.74. The Hall–Kier alpha value is -0.0800. The summed E-state index contributed by atoms with van der Waals surface area (Å²) in [6.45, 7) is 9.89. The van der Waals surface area contributed by atoms with Gasteiger partial charge in [-0.3, -0.25) is 0 Å². The molecule has 2 aliphatic rings. The third-order valence-corrected chi connectivity index (χ3v) is 4.41. The molecule has 2 fully saturated rings. The highest BCUT2D eigenvalue weighted by atomic mass is 16.5. The highest BCUT2D eigenvalue weighted by Crippen LogP contribution is 2.45. The summed E-state index contributed by atoms with van der Waals surface area (Å²) < 4.78 is 5.74. The molecular formula is C13H25NO. The van der Waals surface area contributed by atoms with Gasteiger partial charge in [0.1, 0.15) is 0 Å². The lowest BCUT2D eigenvalue weighted by Gasteiger charge is -2.52. The number of ether oxygens (including phenoxy) is 1. The van der Waals surface area contributed by atoms with Crippen molar-refractivity contribution >= 4 is 0 Å². The molecule has 4 unspecified atom stereocenters. The van der Waals surface area contributed by atoms with Crippen LogP contribution >= 0.6 is 0 Å². The van der Waals surface area contributed by atoms with Crippen molar-refractivity contribution < 1.29 is 4.74 Å². The molecule has 0 aromatic rings. The van der Waals surface area contributed by atoms with Gasteiger partial charge in [0, 0.05) is 24.1 Å². The molecule has 2 rings (SSSR count). The predicted molar refractivity (Wildman–Crippen MR) is 62.9 cm³/mol. The zero-order valence-electron chi connectivity index (χ0n) is 10.5. The van der Waals surface area contributed by atoms with Crippen molar-refractivity contribution in [3.63, 3.8) is 0 Å². The fraction of sp³-hybridized carbons (Fsp3) is 1.00. The van der Waals surface area contributed by atoms with Gasteiger partial charge in [-0.25, -0.2) is 0 Å². The molecule has 15 heavy (non-hydrogen) atoms. The van der Waals surface area contributed by atoms with E-state index in [1.165, 1.54) is 19.3 Å². The molecule has 2 heteroatoms. The lowest BCUT2D eigenvalue weighted by molar-refractivity contribution is -0.114. The van der Waals surface area contributed by atoms with Crippen molar-refractivity contribution in [3.8, 4) is 0 Å². The molecule has 2 saturated carbocycles. The Kier molecular flexibility index (Phi) is 3.09. The Bertz CT molecular complexity index is 227. The molecule has 0 heterocycles. The normalized spacial score (nSPS) is 42.4. The van der Waals surface area contributed by atoms with Crippen LogP contribution in [0.2, 0.25) is 0 Å². The Balaban J connectivity index is 1.77. The van der Waals surface area contributed by atoms with Gasteiger partial charge in [0.25, 0.3) is 0 Å². The summed E-state index contributed by atoms with van der Waals surface area (Å²) >= 11 is 0. The van der Waals surface area contributed by atoms with Gasteiger partial charge in [-0.05, 0) is 25.7 Å².